The zero-order valence-electron chi connectivity index (χ0n) is 10.9. The molecule has 1 aromatic carbocycles. The highest BCUT2D eigenvalue weighted by Crippen LogP contribution is 2.12. The van der Waals surface area contributed by atoms with E-state index in [-0.39, 0.29) is 5.97 Å². The van der Waals surface area contributed by atoms with Crippen molar-refractivity contribution in [3.63, 3.8) is 0 Å². The number of carbonyl (C=O) groups is 2. The number of aromatic nitrogens is 1. The van der Waals surface area contributed by atoms with Crippen molar-refractivity contribution < 1.29 is 14.3 Å². The van der Waals surface area contributed by atoms with Crippen LogP contribution in [-0.4, -0.2) is 23.9 Å². The van der Waals surface area contributed by atoms with Crippen LogP contribution in [0, 0.1) is 6.92 Å². The Balaban J connectivity index is 2.22. The zero-order chi connectivity index (χ0) is 13.8. The summed E-state index contributed by atoms with van der Waals surface area (Å²) in [5.74, 6) is -0.350. The molecule has 0 aliphatic carbocycles. The number of benzene rings is 1. The first-order chi connectivity index (χ1) is 9.15. The lowest BCUT2D eigenvalue weighted by molar-refractivity contribution is 0.0600. The molecule has 98 valence electrons. The molecule has 0 unspecified atom stereocenters. The predicted molar refractivity (Wildman–Crippen MR) is 71.4 cm³/mol. The fourth-order valence-electron chi connectivity index (χ4n) is 1.96. The van der Waals surface area contributed by atoms with Crippen LogP contribution in [0.2, 0.25) is 0 Å². The highest BCUT2D eigenvalue weighted by Gasteiger charge is 2.07. The summed E-state index contributed by atoms with van der Waals surface area (Å²) in [5.41, 5.74) is 3.22. The number of carbonyl (C=O) groups excluding carboxylic acids is 2. The molecule has 2 aromatic rings. The first-order valence-electron chi connectivity index (χ1n) is 5.94. The van der Waals surface area contributed by atoms with E-state index in [2.05, 4.69) is 4.74 Å². The number of hydrogen-bond acceptors (Lipinski definition) is 3. The van der Waals surface area contributed by atoms with Crippen LogP contribution in [0.1, 0.15) is 32.1 Å². The molecule has 0 fully saturated rings. The minimum absolute atomic E-state index is 0.350. The monoisotopic (exact) mass is 257 g/mol. The molecule has 1 aromatic heterocycles. The van der Waals surface area contributed by atoms with E-state index in [0.29, 0.717) is 17.8 Å². The number of rotatable bonds is 4. The Morgan fingerprint density at radius 3 is 2.47 bits per heavy atom. The summed E-state index contributed by atoms with van der Waals surface area (Å²) in [5, 5.41) is 0. The van der Waals surface area contributed by atoms with Gasteiger partial charge in [-0.3, -0.25) is 4.79 Å². The van der Waals surface area contributed by atoms with E-state index < -0.39 is 0 Å². The fraction of sp³-hybridized carbons (Fsp3) is 0.200. The summed E-state index contributed by atoms with van der Waals surface area (Å²) in [6.07, 6.45) is 0.843. The molecule has 0 aliphatic rings. The van der Waals surface area contributed by atoms with Gasteiger partial charge >= 0.3 is 5.97 Å². The smallest absolute Gasteiger partial charge is 0.337 e. The standard InChI is InChI=1S/C15H15NO3/c1-11-3-8-14(10-17)16(11)9-12-4-6-13(7-5-12)15(18)19-2/h3-8,10H,9H2,1-2H3. The molecule has 4 nitrogen and oxygen atoms in total. The maximum absolute atomic E-state index is 11.3. The van der Waals surface area contributed by atoms with Gasteiger partial charge in [0, 0.05) is 12.2 Å². The highest BCUT2D eigenvalue weighted by molar-refractivity contribution is 5.89. The summed E-state index contributed by atoms with van der Waals surface area (Å²) in [4.78, 5) is 22.3. The molecule has 0 spiro atoms. The number of ether oxygens (including phenoxy) is 1. The zero-order valence-corrected chi connectivity index (χ0v) is 10.9. The molecule has 4 heteroatoms. The van der Waals surface area contributed by atoms with Crippen molar-refractivity contribution in [2.75, 3.05) is 7.11 Å². The quantitative estimate of drug-likeness (QED) is 0.624. The minimum Gasteiger partial charge on any atom is -0.465 e. The van der Waals surface area contributed by atoms with Crippen LogP contribution in [0.3, 0.4) is 0 Å². The van der Waals surface area contributed by atoms with E-state index in [1.165, 1.54) is 7.11 Å². The second-order valence-corrected chi connectivity index (χ2v) is 4.29. The normalized spacial score (nSPS) is 10.2. The van der Waals surface area contributed by atoms with E-state index in [1.54, 1.807) is 18.2 Å². The summed E-state index contributed by atoms with van der Waals surface area (Å²) in [6, 6.07) is 10.9. The summed E-state index contributed by atoms with van der Waals surface area (Å²) in [7, 11) is 1.36. The second kappa shape index (κ2) is 5.52. The molecule has 0 aliphatic heterocycles. The SMILES string of the molecule is COC(=O)c1ccc(Cn2c(C)ccc2C=O)cc1. The molecule has 0 atom stereocenters. The van der Waals surface area contributed by atoms with Crippen LogP contribution in [-0.2, 0) is 11.3 Å². The number of hydrogen-bond donors (Lipinski definition) is 0. The second-order valence-electron chi connectivity index (χ2n) is 4.29. The third-order valence-electron chi connectivity index (χ3n) is 3.07. The number of nitrogens with zero attached hydrogens (tertiary/aromatic N) is 1. The lowest BCUT2D eigenvalue weighted by Gasteiger charge is -2.09. The van der Waals surface area contributed by atoms with Gasteiger partial charge < -0.3 is 9.30 Å². The molecule has 0 saturated carbocycles. The van der Waals surface area contributed by atoms with Gasteiger partial charge in [-0.15, -0.1) is 0 Å². The van der Waals surface area contributed by atoms with E-state index >= 15 is 0 Å². The molecular formula is C15H15NO3. The van der Waals surface area contributed by atoms with Crippen molar-refractivity contribution in [2.45, 2.75) is 13.5 Å². The number of aryl methyl sites for hydroxylation is 1. The van der Waals surface area contributed by atoms with E-state index in [0.717, 1.165) is 17.5 Å². The van der Waals surface area contributed by atoms with Gasteiger partial charge in [0.1, 0.15) is 0 Å². The maximum Gasteiger partial charge on any atom is 0.337 e. The third-order valence-corrected chi connectivity index (χ3v) is 3.07. The molecular weight excluding hydrogens is 242 g/mol. The van der Waals surface area contributed by atoms with E-state index in [1.807, 2.05) is 29.7 Å². The van der Waals surface area contributed by atoms with Crippen LogP contribution in [0.15, 0.2) is 36.4 Å². The highest BCUT2D eigenvalue weighted by atomic mass is 16.5. The lowest BCUT2D eigenvalue weighted by atomic mass is 10.1. The van der Waals surface area contributed by atoms with Gasteiger partial charge in [0.15, 0.2) is 6.29 Å². The number of esters is 1. The first kappa shape index (κ1) is 13.1. The van der Waals surface area contributed by atoms with Crippen molar-refractivity contribution in [1.82, 2.24) is 4.57 Å². The molecule has 2 rings (SSSR count). The van der Waals surface area contributed by atoms with Crippen LogP contribution in [0.25, 0.3) is 0 Å². The molecule has 1 heterocycles. The van der Waals surface area contributed by atoms with Gasteiger partial charge in [0.25, 0.3) is 0 Å². The van der Waals surface area contributed by atoms with Gasteiger partial charge in [-0.05, 0) is 36.8 Å². The Morgan fingerprint density at radius 1 is 1.21 bits per heavy atom. The number of methoxy groups -OCH3 is 1. The van der Waals surface area contributed by atoms with Crippen molar-refractivity contribution in [1.29, 1.82) is 0 Å². The number of aldehydes is 1. The summed E-state index contributed by atoms with van der Waals surface area (Å²) < 4.78 is 6.58. The molecule has 19 heavy (non-hydrogen) atoms. The Morgan fingerprint density at radius 2 is 1.89 bits per heavy atom. The fourth-order valence-corrected chi connectivity index (χ4v) is 1.96. The van der Waals surface area contributed by atoms with E-state index in [9.17, 15) is 9.59 Å². The van der Waals surface area contributed by atoms with Crippen molar-refractivity contribution in [3.8, 4) is 0 Å². The largest absolute Gasteiger partial charge is 0.465 e. The lowest BCUT2D eigenvalue weighted by Crippen LogP contribution is -2.06. The summed E-state index contributed by atoms with van der Waals surface area (Å²) in [6.45, 7) is 2.56. The maximum atomic E-state index is 11.3. The average Bonchev–Trinajstić information content (AvgIpc) is 2.79. The van der Waals surface area contributed by atoms with Crippen LogP contribution in [0.4, 0.5) is 0 Å². The Kier molecular flexibility index (Phi) is 3.80. The molecule has 0 radical (unpaired) electrons. The summed E-state index contributed by atoms with van der Waals surface area (Å²) >= 11 is 0. The van der Waals surface area contributed by atoms with Crippen LogP contribution < -0.4 is 0 Å². The van der Waals surface area contributed by atoms with Gasteiger partial charge in [-0.2, -0.15) is 0 Å². The van der Waals surface area contributed by atoms with Crippen molar-refractivity contribution in [3.05, 3.63) is 58.9 Å². The molecule has 0 saturated heterocycles. The predicted octanol–water partition coefficient (Wildman–Crippen LogP) is 2.44. The Bertz CT molecular complexity index is 596. The Hall–Kier alpha value is -2.36. The van der Waals surface area contributed by atoms with Crippen molar-refractivity contribution >= 4 is 12.3 Å². The minimum atomic E-state index is -0.350. The van der Waals surface area contributed by atoms with Crippen LogP contribution in [0.5, 0.6) is 0 Å². The van der Waals surface area contributed by atoms with E-state index in [4.69, 9.17) is 0 Å². The van der Waals surface area contributed by atoms with Crippen molar-refractivity contribution in [2.24, 2.45) is 0 Å². The molecule has 0 N–H and O–H groups in total. The third kappa shape index (κ3) is 2.73. The van der Waals surface area contributed by atoms with Gasteiger partial charge in [-0.25, -0.2) is 4.79 Å². The first-order valence-corrected chi connectivity index (χ1v) is 5.94. The molecule has 0 bridgehead atoms. The van der Waals surface area contributed by atoms with Gasteiger partial charge in [0.05, 0.1) is 18.4 Å². The topological polar surface area (TPSA) is 48.3 Å². The molecule has 0 amide bonds. The van der Waals surface area contributed by atoms with Gasteiger partial charge in [0.2, 0.25) is 0 Å². The van der Waals surface area contributed by atoms with Crippen LogP contribution >= 0.6 is 0 Å². The average molecular weight is 257 g/mol. The van der Waals surface area contributed by atoms with Gasteiger partial charge in [-0.1, -0.05) is 12.1 Å². The Labute approximate surface area is 111 Å².